The molecule has 1 aliphatic rings. The molecule has 0 bridgehead atoms. The summed E-state index contributed by atoms with van der Waals surface area (Å²) in [5.74, 6) is 2.49. The van der Waals surface area contributed by atoms with Gasteiger partial charge in [-0.15, -0.1) is 0 Å². The van der Waals surface area contributed by atoms with Crippen LogP contribution >= 0.6 is 23.5 Å². The van der Waals surface area contributed by atoms with Crippen LogP contribution in [0.5, 0.6) is 0 Å². The standard InChI is InChI=1S/C9H19NS2/c1-2-4-11-8-6-9(7-8)12-5-3-10/h8-9H,2-7,10H2,1H3. The second kappa shape index (κ2) is 6.17. The molecule has 2 N–H and O–H groups in total. The number of hydrogen-bond acceptors (Lipinski definition) is 3. The molecule has 0 heterocycles. The molecule has 12 heavy (non-hydrogen) atoms. The van der Waals surface area contributed by atoms with E-state index in [0.717, 1.165) is 22.8 Å². The minimum atomic E-state index is 0.841. The molecule has 1 aliphatic carbocycles. The van der Waals surface area contributed by atoms with Gasteiger partial charge in [0.25, 0.3) is 0 Å². The summed E-state index contributed by atoms with van der Waals surface area (Å²) < 4.78 is 0. The normalized spacial score (nSPS) is 28.5. The molecule has 1 fully saturated rings. The van der Waals surface area contributed by atoms with Crippen molar-refractivity contribution in [3.63, 3.8) is 0 Å². The molecular weight excluding hydrogens is 186 g/mol. The third kappa shape index (κ3) is 3.58. The van der Waals surface area contributed by atoms with E-state index in [1.807, 2.05) is 0 Å². The zero-order valence-electron chi connectivity index (χ0n) is 7.79. The number of hydrogen-bond donors (Lipinski definition) is 1. The Kier molecular flexibility index (Phi) is 5.52. The van der Waals surface area contributed by atoms with Crippen LogP contribution < -0.4 is 5.73 Å². The Balaban J connectivity index is 1.89. The lowest BCUT2D eigenvalue weighted by molar-refractivity contribution is 0.540. The van der Waals surface area contributed by atoms with Gasteiger partial charge < -0.3 is 5.73 Å². The lowest BCUT2D eigenvalue weighted by Crippen LogP contribution is -2.29. The van der Waals surface area contributed by atoms with Crippen LogP contribution in [0.25, 0.3) is 0 Å². The topological polar surface area (TPSA) is 26.0 Å². The van der Waals surface area contributed by atoms with Crippen LogP contribution in [0.3, 0.4) is 0 Å². The average molecular weight is 205 g/mol. The van der Waals surface area contributed by atoms with Gasteiger partial charge in [-0.3, -0.25) is 0 Å². The fraction of sp³-hybridized carbons (Fsp3) is 1.00. The molecule has 0 unspecified atom stereocenters. The predicted octanol–water partition coefficient (Wildman–Crippen LogP) is 2.35. The molecule has 0 saturated heterocycles. The van der Waals surface area contributed by atoms with Gasteiger partial charge in [0, 0.05) is 22.8 Å². The molecule has 0 amide bonds. The number of nitrogens with two attached hydrogens (primary N) is 1. The molecule has 0 spiro atoms. The van der Waals surface area contributed by atoms with Crippen LogP contribution in [0, 0.1) is 0 Å². The summed E-state index contributed by atoms with van der Waals surface area (Å²) in [6.07, 6.45) is 4.17. The minimum absolute atomic E-state index is 0.841. The zero-order chi connectivity index (χ0) is 8.81. The van der Waals surface area contributed by atoms with E-state index >= 15 is 0 Å². The molecule has 72 valence electrons. The van der Waals surface area contributed by atoms with Crippen LogP contribution in [0.2, 0.25) is 0 Å². The van der Waals surface area contributed by atoms with Crippen LogP contribution in [0.4, 0.5) is 0 Å². The molecule has 1 saturated carbocycles. The molecule has 3 heteroatoms. The summed E-state index contributed by atoms with van der Waals surface area (Å²) in [6, 6.07) is 0. The van der Waals surface area contributed by atoms with E-state index in [1.54, 1.807) is 0 Å². The van der Waals surface area contributed by atoms with E-state index < -0.39 is 0 Å². The highest BCUT2D eigenvalue weighted by atomic mass is 32.2. The van der Waals surface area contributed by atoms with Gasteiger partial charge in [-0.1, -0.05) is 6.92 Å². The van der Waals surface area contributed by atoms with Crippen LogP contribution in [0.15, 0.2) is 0 Å². The smallest absolute Gasteiger partial charge is 0.00685 e. The van der Waals surface area contributed by atoms with Gasteiger partial charge in [0.05, 0.1) is 0 Å². The average Bonchev–Trinajstić information content (AvgIpc) is 2.01. The van der Waals surface area contributed by atoms with Crippen molar-refractivity contribution < 1.29 is 0 Å². The molecule has 0 radical (unpaired) electrons. The monoisotopic (exact) mass is 205 g/mol. The number of thioether (sulfide) groups is 2. The predicted molar refractivity (Wildman–Crippen MR) is 61.1 cm³/mol. The molecule has 0 aliphatic heterocycles. The molecule has 0 aromatic rings. The van der Waals surface area contributed by atoms with Crippen LogP contribution in [-0.4, -0.2) is 28.6 Å². The number of rotatable bonds is 6. The maximum Gasteiger partial charge on any atom is 0.00685 e. The van der Waals surface area contributed by atoms with Crippen LogP contribution in [0.1, 0.15) is 26.2 Å². The highest BCUT2D eigenvalue weighted by Gasteiger charge is 2.28. The van der Waals surface area contributed by atoms with Crippen LogP contribution in [-0.2, 0) is 0 Å². The van der Waals surface area contributed by atoms with Gasteiger partial charge in [0.15, 0.2) is 0 Å². The first-order valence-corrected chi connectivity index (χ1v) is 6.89. The summed E-state index contributed by atoms with van der Waals surface area (Å²) in [4.78, 5) is 0. The van der Waals surface area contributed by atoms with E-state index in [0.29, 0.717) is 0 Å². The Hall–Kier alpha value is 0.660. The molecule has 0 aromatic carbocycles. The van der Waals surface area contributed by atoms with E-state index in [9.17, 15) is 0 Å². The van der Waals surface area contributed by atoms with E-state index in [1.165, 1.54) is 25.0 Å². The van der Waals surface area contributed by atoms with Crippen molar-refractivity contribution in [2.75, 3.05) is 18.1 Å². The van der Waals surface area contributed by atoms with Crippen molar-refractivity contribution in [2.45, 2.75) is 36.7 Å². The van der Waals surface area contributed by atoms with Crippen molar-refractivity contribution in [1.29, 1.82) is 0 Å². The molecular formula is C9H19NS2. The first kappa shape index (κ1) is 10.7. The summed E-state index contributed by atoms with van der Waals surface area (Å²) in [7, 11) is 0. The first-order chi connectivity index (χ1) is 5.86. The fourth-order valence-corrected chi connectivity index (χ4v) is 4.06. The third-order valence-electron chi connectivity index (χ3n) is 2.08. The highest BCUT2D eigenvalue weighted by Crippen LogP contribution is 2.39. The highest BCUT2D eigenvalue weighted by molar-refractivity contribution is 8.01. The Bertz CT molecular complexity index is 101. The van der Waals surface area contributed by atoms with E-state index in [4.69, 9.17) is 5.73 Å². The second-order valence-electron chi connectivity index (χ2n) is 3.25. The SMILES string of the molecule is CCCSC1CC(SCCN)C1. The van der Waals surface area contributed by atoms with Crippen molar-refractivity contribution in [3.8, 4) is 0 Å². The Morgan fingerprint density at radius 3 is 2.25 bits per heavy atom. The van der Waals surface area contributed by atoms with Gasteiger partial charge in [0.1, 0.15) is 0 Å². The van der Waals surface area contributed by atoms with Crippen molar-refractivity contribution >= 4 is 23.5 Å². The largest absolute Gasteiger partial charge is 0.330 e. The molecule has 0 aromatic heterocycles. The molecule has 0 atom stereocenters. The first-order valence-electron chi connectivity index (χ1n) is 4.80. The summed E-state index contributed by atoms with van der Waals surface area (Å²) >= 11 is 4.22. The van der Waals surface area contributed by atoms with E-state index in [2.05, 4.69) is 30.4 Å². The van der Waals surface area contributed by atoms with Crippen molar-refractivity contribution in [1.82, 2.24) is 0 Å². The molecule has 1 nitrogen and oxygen atoms in total. The summed E-state index contributed by atoms with van der Waals surface area (Å²) in [5, 5.41) is 1.91. The Morgan fingerprint density at radius 1 is 1.17 bits per heavy atom. The van der Waals surface area contributed by atoms with Gasteiger partial charge in [-0.2, -0.15) is 23.5 Å². The van der Waals surface area contributed by atoms with Crippen molar-refractivity contribution in [2.24, 2.45) is 5.73 Å². The minimum Gasteiger partial charge on any atom is -0.330 e. The van der Waals surface area contributed by atoms with Crippen molar-refractivity contribution in [3.05, 3.63) is 0 Å². The Morgan fingerprint density at radius 2 is 1.75 bits per heavy atom. The zero-order valence-corrected chi connectivity index (χ0v) is 9.42. The summed E-state index contributed by atoms with van der Waals surface area (Å²) in [6.45, 7) is 3.10. The quantitative estimate of drug-likeness (QED) is 0.721. The lowest BCUT2D eigenvalue weighted by Gasteiger charge is -2.34. The summed E-state index contributed by atoms with van der Waals surface area (Å²) in [5.41, 5.74) is 5.44. The second-order valence-corrected chi connectivity index (χ2v) is 6.06. The van der Waals surface area contributed by atoms with Gasteiger partial charge >= 0.3 is 0 Å². The fourth-order valence-electron chi connectivity index (χ4n) is 1.31. The maximum atomic E-state index is 5.44. The lowest BCUT2D eigenvalue weighted by atomic mass is 9.99. The third-order valence-corrected chi connectivity index (χ3v) is 4.91. The van der Waals surface area contributed by atoms with Gasteiger partial charge in [0.2, 0.25) is 0 Å². The van der Waals surface area contributed by atoms with Gasteiger partial charge in [-0.05, 0) is 25.0 Å². The van der Waals surface area contributed by atoms with Gasteiger partial charge in [-0.25, -0.2) is 0 Å². The van der Waals surface area contributed by atoms with E-state index in [-0.39, 0.29) is 0 Å². The molecule has 1 rings (SSSR count). The maximum absolute atomic E-state index is 5.44. The Labute approximate surface area is 84.2 Å².